The van der Waals surface area contributed by atoms with Crippen LogP contribution < -0.4 is 10.6 Å². The maximum Gasteiger partial charge on any atom is 0.195 e. The van der Waals surface area contributed by atoms with Crippen molar-refractivity contribution in [1.29, 1.82) is 0 Å². The zero-order valence-electron chi connectivity index (χ0n) is 13.1. The smallest absolute Gasteiger partial charge is 0.195 e. The fraction of sp³-hybridized carbons (Fsp3) is 0.688. The highest BCUT2D eigenvalue weighted by Crippen LogP contribution is 2.32. The summed E-state index contributed by atoms with van der Waals surface area (Å²) in [6.45, 7) is 5.50. The number of imidazole rings is 1. The molecule has 4 nitrogen and oxygen atoms in total. The molecular formula is C16H26N4S. The number of nitrogens with zero attached hydrogens (tertiary/aromatic N) is 3. The molecule has 0 radical (unpaired) electrons. The molecule has 21 heavy (non-hydrogen) atoms. The van der Waals surface area contributed by atoms with E-state index in [9.17, 15) is 0 Å². The fourth-order valence-corrected chi connectivity index (χ4v) is 4.19. The first-order chi connectivity index (χ1) is 10.2. The molecule has 0 spiro atoms. The second-order valence-corrected chi connectivity index (χ2v) is 7.12. The van der Waals surface area contributed by atoms with Gasteiger partial charge in [-0.3, -0.25) is 4.40 Å². The van der Waals surface area contributed by atoms with Crippen LogP contribution in [0.15, 0.2) is 11.6 Å². The van der Waals surface area contributed by atoms with Crippen molar-refractivity contribution in [2.24, 2.45) is 5.73 Å². The minimum absolute atomic E-state index is 0.165. The molecule has 0 aromatic carbocycles. The summed E-state index contributed by atoms with van der Waals surface area (Å²) >= 11 is 1.71. The van der Waals surface area contributed by atoms with Gasteiger partial charge in [0.1, 0.15) is 0 Å². The van der Waals surface area contributed by atoms with Gasteiger partial charge in [-0.15, -0.1) is 11.3 Å². The van der Waals surface area contributed by atoms with Crippen LogP contribution in [0.4, 0.5) is 5.82 Å². The zero-order valence-corrected chi connectivity index (χ0v) is 13.9. The predicted molar refractivity (Wildman–Crippen MR) is 90.3 cm³/mol. The lowest BCUT2D eigenvalue weighted by Gasteiger charge is -2.36. The molecule has 2 N–H and O–H groups in total. The quantitative estimate of drug-likeness (QED) is 0.920. The first-order valence-electron chi connectivity index (χ1n) is 8.17. The van der Waals surface area contributed by atoms with E-state index >= 15 is 0 Å². The van der Waals surface area contributed by atoms with Crippen LogP contribution in [0.5, 0.6) is 0 Å². The molecule has 1 fully saturated rings. The summed E-state index contributed by atoms with van der Waals surface area (Å²) in [5.74, 6) is 1.19. The Kier molecular flexibility index (Phi) is 4.50. The third-order valence-corrected chi connectivity index (χ3v) is 5.13. The van der Waals surface area contributed by atoms with Crippen LogP contribution >= 0.6 is 11.3 Å². The standard InChI is InChI=1S/C16H26N4S/c1-3-6-13-7-4-5-8-19(13)15-14(11-12(2)17)20-9-10-21-16(20)18-15/h9-10,12-13H,3-8,11,17H2,1-2H3. The molecule has 1 aliphatic heterocycles. The molecule has 0 amide bonds. The molecule has 3 rings (SSSR count). The molecule has 5 heteroatoms. The Morgan fingerprint density at radius 3 is 3.10 bits per heavy atom. The first-order valence-corrected chi connectivity index (χ1v) is 9.05. The lowest BCUT2D eigenvalue weighted by molar-refractivity contribution is 0.431. The Morgan fingerprint density at radius 2 is 2.33 bits per heavy atom. The Bertz CT molecular complexity index is 584. The van der Waals surface area contributed by atoms with E-state index in [1.54, 1.807) is 11.3 Å². The van der Waals surface area contributed by atoms with Gasteiger partial charge in [0, 0.05) is 36.6 Å². The summed E-state index contributed by atoms with van der Waals surface area (Å²) in [7, 11) is 0. The molecule has 1 aliphatic rings. The van der Waals surface area contributed by atoms with E-state index in [1.807, 2.05) is 0 Å². The topological polar surface area (TPSA) is 46.6 Å². The van der Waals surface area contributed by atoms with Gasteiger partial charge >= 0.3 is 0 Å². The lowest BCUT2D eigenvalue weighted by Crippen LogP contribution is -2.40. The van der Waals surface area contributed by atoms with Crippen molar-refractivity contribution in [3.63, 3.8) is 0 Å². The van der Waals surface area contributed by atoms with E-state index in [2.05, 4.69) is 34.7 Å². The minimum atomic E-state index is 0.165. The molecule has 3 heterocycles. The van der Waals surface area contributed by atoms with Crippen molar-refractivity contribution in [3.8, 4) is 0 Å². The van der Waals surface area contributed by atoms with E-state index in [4.69, 9.17) is 10.7 Å². The minimum Gasteiger partial charge on any atom is -0.352 e. The highest BCUT2D eigenvalue weighted by molar-refractivity contribution is 7.15. The van der Waals surface area contributed by atoms with E-state index in [0.717, 1.165) is 17.9 Å². The SMILES string of the molecule is CCCC1CCCCN1c1nc2sccn2c1CC(C)N. The van der Waals surface area contributed by atoms with Crippen LogP contribution in [0, 0.1) is 0 Å². The Balaban J connectivity index is 1.98. The summed E-state index contributed by atoms with van der Waals surface area (Å²) in [6.07, 6.45) is 9.47. The summed E-state index contributed by atoms with van der Waals surface area (Å²) in [4.78, 5) is 8.59. The monoisotopic (exact) mass is 306 g/mol. The van der Waals surface area contributed by atoms with Crippen molar-refractivity contribution in [2.45, 2.75) is 64.5 Å². The molecule has 1 saturated heterocycles. The summed E-state index contributed by atoms with van der Waals surface area (Å²) in [5, 5.41) is 2.11. The van der Waals surface area contributed by atoms with Crippen molar-refractivity contribution in [2.75, 3.05) is 11.4 Å². The largest absolute Gasteiger partial charge is 0.352 e. The van der Waals surface area contributed by atoms with E-state index in [1.165, 1.54) is 43.6 Å². The van der Waals surface area contributed by atoms with Crippen molar-refractivity contribution < 1.29 is 0 Å². The fourth-order valence-electron chi connectivity index (χ4n) is 3.46. The second kappa shape index (κ2) is 6.36. The van der Waals surface area contributed by atoms with Gasteiger partial charge in [0.2, 0.25) is 0 Å². The van der Waals surface area contributed by atoms with Crippen LogP contribution in [0.2, 0.25) is 0 Å². The third kappa shape index (κ3) is 2.94. The highest BCUT2D eigenvalue weighted by atomic mass is 32.1. The number of nitrogens with two attached hydrogens (primary N) is 1. The average molecular weight is 306 g/mol. The molecule has 2 unspecified atom stereocenters. The zero-order chi connectivity index (χ0) is 14.8. The Labute approximate surface area is 131 Å². The number of rotatable bonds is 5. The summed E-state index contributed by atoms with van der Waals surface area (Å²) in [5.41, 5.74) is 7.37. The summed E-state index contributed by atoms with van der Waals surface area (Å²) < 4.78 is 2.24. The number of aromatic nitrogens is 2. The third-order valence-electron chi connectivity index (χ3n) is 4.38. The number of piperidine rings is 1. The number of fused-ring (bicyclic) bond motifs is 1. The van der Waals surface area contributed by atoms with E-state index in [-0.39, 0.29) is 6.04 Å². The lowest BCUT2D eigenvalue weighted by atomic mass is 9.98. The van der Waals surface area contributed by atoms with Crippen LogP contribution in [-0.4, -0.2) is 28.0 Å². The first kappa shape index (κ1) is 14.9. The predicted octanol–water partition coefficient (Wildman–Crippen LogP) is 3.44. The molecular weight excluding hydrogens is 280 g/mol. The van der Waals surface area contributed by atoms with Crippen LogP contribution in [0.3, 0.4) is 0 Å². The number of anilines is 1. The van der Waals surface area contributed by atoms with Gasteiger partial charge < -0.3 is 10.6 Å². The normalized spacial score (nSPS) is 21.1. The van der Waals surface area contributed by atoms with Gasteiger partial charge in [-0.2, -0.15) is 0 Å². The van der Waals surface area contributed by atoms with Crippen LogP contribution in [0.25, 0.3) is 4.96 Å². The Morgan fingerprint density at radius 1 is 1.48 bits per heavy atom. The van der Waals surface area contributed by atoms with Gasteiger partial charge in [-0.1, -0.05) is 13.3 Å². The number of hydrogen-bond donors (Lipinski definition) is 1. The molecule has 0 saturated carbocycles. The highest BCUT2D eigenvalue weighted by Gasteiger charge is 2.27. The summed E-state index contributed by atoms with van der Waals surface area (Å²) in [6, 6.07) is 0.818. The van der Waals surface area contributed by atoms with Gasteiger partial charge in [-0.05, 0) is 32.6 Å². The molecule has 0 bridgehead atoms. The molecule has 116 valence electrons. The number of hydrogen-bond acceptors (Lipinski definition) is 4. The van der Waals surface area contributed by atoms with Crippen molar-refractivity contribution in [3.05, 3.63) is 17.3 Å². The van der Waals surface area contributed by atoms with Crippen molar-refractivity contribution in [1.82, 2.24) is 9.38 Å². The van der Waals surface area contributed by atoms with Crippen LogP contribution in [0.1, 0.15) is 51.6 Å². The van der Waals surface area contributed by atoms with Gasteiger partial charge in [0.05, 0.1) is 5.69 Å². The average Bonchev–Trinajstić information content (AvgIpc) is 3.02. The molecule has 2 atom stereocenters. The maximum atomic E-state index is 6.08. The van der Waals surface area contributed by atoms with Gasteiger partial charge in [-0.25, -0.2) is 4.98 Å². The Hall–Kier alpha value is -1.07. The molecule has 2 aromatic heterocycles. The molecule has 0 aliphatic carbocycles. The van der Waals surface area contributed by atoms with Crippen molar-refractivity contribution >= 4 is 22.1 Å². The second-order valence-electron chi connectivity index (χ2n) is 6.25. The van der Waals surface area contributed by atoms with Gasteiger partial charge in [0.25, 0.3) is 0 Å². The number of thiazole rings is 1. The van der Waals surface area contributed by atoms with E-state index in [0.29, 0.717) is 6.04 Å². The van der Waals surface area contributed by atoms with Gasteiger partial charge in [0.15, 0.2) is 10.8 Å². The van der Waals surface area contributed by atoms with Crippen LogP contribution in [-0.2, 0) is 6.42 Å². The maximum absolute atomic E-state index is 6.08. The van der Waals surface area contributed by atoms with E-state index < -0.39 is 0 Å². The molecule has 2 aromatic rings.